The Morgan fingerprint density at radius 3 is 2.65 bits per heavy atom. The molecule has 0 saturated carbocycles. The molecule has 1 aliphatic heterocycles. The normalized spacial score (nSPS) is 21.1. The van der Waals surface area contributed by atoms with Crippen LogP contribution in [-0.4, -0.2) is 42.3 Å². The van der Waals surface area contributed by atoms with Crippen molar-refractivity contribution in [3.8, 4) is 0 Å². The topological polar surface area (TPSA) is 35.5 Å². The number of nitrogens with one attached hydrogen (secondary N) is 1. The van der Waals surface area contributed by atoms with E-state index in [1.54, 1.807) is 13.0 Å². The van der Waals surface area contributed by atoms with Crippen LogP contribution in [0.15, 0.2) is 24.3 Å². The number of halogens is 1. The summed E-state index contributed by atoms with van der Waals surface area (Å²) in [6.45, 7) is 5.35. The van der Waals surface area contributed by atoms with Crippen LogP contribution in [0.1, 0.15) is 18.5 Å². The summed E-state index contributed by atoms with van der Waals surface area (Å²) in [7, 11) is 0. The van der Waals surface area contributed by atoms with Crippen molar-refractivity contribution in [2.75, 3.05) is 26.2 Å². The molecule has 2 unspecified atom stereocenters. The second-order valence-corrected chi connectivity index (χ2v) is 4.53. The van der Waals surface area contributed by atoms with Gasteiger partial charge in [0.05, 0.1) is 12.1 Å². The van der Waals surface area contributed by atoms with Crippen LogP contribution in [0.5, 0.6) is 0 Å². The van der Waals surface area contributed by atoms with E-state index in [-0.39, 0.29) is 11.9 Å². The number of aliphatic hydroxyl groups excluding tert-OH is 1. The van der Waals surface area contributed by atoms with Crippen LogP contribution in [0.25, 0.3) is 0 Å². The Labute approximate surface area is 101 Å². The van der Waals surface area contributed by atoms with Gasteiger partial charge in [0.15, 0.2) is 0 Å². The van der Waals surface area contributed by atoms with Gasteiger partial charge in [0.2, 0.25) is 0 Å². The minimum atomic E-state index is -0.505. The first-order chi connectivity index (χ1) is 8.18. The van der Waals surface area contributed by atoms with E-state index in [1.807, 2.05) is 6.07 Å². The smallest absolute Gasteiger partial charge is 0.123 e. The number of hydrogen-bond donors (Lipinski definition) is 2. The SMILES string of the molecule is CC(O)C(c1cccc(F)c1)N1CCNCC1. The molecule has 2 N–H and O–H groups in total. The molecule has 17 heavy (non-hydrogen) atoms. The van der Waals surface area contributed by atoms with Crippen LogP contribution < -0.4 is 5.32 Å². The fraction of sp³-hybridized carbons (Fsp3) is 0.538. The molecular formula is C13H19FN2O. The van der Waals surface area contributed by atoms with Crippen molar-refractivity contribution >= 4 is 0 Å². The Kier molecular flexibility index (Phi) is 4.10. The van der Waals surface area contributed by atoms with Crippen LogP contribution in [0.3, 0.4) is 0 Å². The maximum Gasteiger partial charge on any atom is 0.123 e. The monoisotopic (exact) mass is 238 g/mol. The fourth-order valence-corrected chi connectivity index (χ4v) is 2.45. The molecule has 0 radical (unpaired) electrons. The van der Waals surface area contributed by atoms with Gasteiger partial charge in [0.25, 0.3) is 0 Å². The highest BCUT2D eigenvalue weighted by molar-refractivity contribution is 5.21. The average Bonchev–Trinajstić information content (AvgIpc) is 2.30. The van der Waals surface area contributed by atoms with Crippen molar-refractivity contribution in [2.24, 2.45) is 0 Å². The largest absolute Gasteiger partial charge is 0.391 e. The van der Waals surface area contributed by atoms with E-state index in [4.69, 9.17) is 0 Å². The zero-order valence-corrected chi connectivity index (χ0v) is 10.1. The average molecular weight is 238 g/mol. The summed E-state index contributed by atoms with van der Waals surface area (Å²) >= 11 is 0. The summed E-state index contributed by atoms with van der Waals surface area (Å²) in [6, 6.07) is 6.40. The summed E-state index contributed by atoms with van der Waals surface area (Å²) in [5, 5.41) is 13.2. The molecule has 1 aromatic carbocycles. The zero-order chi connectivity index (χ0) is 12.3. The molecule has 2 atom stereocenters. The van der Waals surface area contributed by atoms with Gasteiger partial charge in [-0.05, 0) is 24.6 Å². The Morgan fingerprint density at radius 2 is 2.06 bits per heavy atom. The van der Waals surface area contributed by atoms with Crippen molar-refractivity contribution in [3.63, 3.8) is 0 Å². The van der Waals surface area contributed by atoms with Gasteiger partial charge in [-0.15, -0.1) is 0 Å². The van der Waals surface area contributed by atoms with Crippen molar-refractivity contribution in [3.05, 3.63) is 35.6 Å². The Balaban J connectivity index is 2.21. The molecule has 94 valence electrons. The van der Waals surface area contributed by atoms with Crippen molar-refractivity contribution in [1.29, 1.82) is 0 Å². The quantitative estimate of drug-likeness (QED) is 0.829. The molecule has 4 heteroatoms. The highest BCUT2D eigenvalue weighted by atomic mass is 19.1. The standard InChI is InChI=1S/C13H19FN2O/c1-10(17)13(16-7-5-15-6-8-16)11-3-2-4-12(14)9-11/h2-4,9-10,13,15,17H,5-8H2,1H3. The third-order valence-electron chi connectivity index (χ3n) is 3.19. The summed E-state index contributed by atoms with van der Waals surface area (Å²) in [4.78, 5) is 2.20. The first-order valence-corrected chi connectivity index (χ1v) is 6.07. The number of rotatable bonds is 3. The zero-order valence-electron chi connectivity index (χ0n) is 10.1. The van der Waals surface area contributed by atoms with E-state index in [0.29, 0.717) is 0 Å². The lowest BCUT2D eigenvalue weighted by Gasteiger charge is -2.36. The molecule has 1 aromatic rings. The summed E-state index contributed by atoms with van der Waals surface area (Å²) < 4.78 is 13.2. The van der Waals surface area contributed by atoms with Gasteiger partial charge in [-0.1, -0.05) is 12.1 Å². The first kappa shape index (κ1) is 12.5. The van der Waals surface area contributed by atoms with Crippen LogP contribution in [-0.2, 0) is 0 Å². The number of hydrogen-bond acceptors (Lipinski definition) is 3. The molecule has 1 aliphatic rings. The van der Waals surface area contributed by atoms with E-state index >= 15 is 0 Å². The Hall–Kier alpha value is -0.970. The predicted octanol–water partition coefficient (Wildman–Crippen LogP) is 1.15. The summed E-state index contributed by atoms with van der Waals surface area (Å²) in [5.41, 5.74) is 0.849. The molecule has 3 nitrogen and oxygen atoms in total. The molecule has 0 spiro atoms. The van der Waals surface area contributed by atoms with E-state index < -0.39 is 6.10 Å². The lowest BCUT2D eigenvalue weighted by Crippen LogP contribution is -2.47. The predicted molar refractivity (Wildman–Crippen MR) is 65.3 cm³/mol. The fourth-order valence-electron chi connectivity index (χ4n) is 2.45. The molecule has 1 heterocycles. The van der Waals surface area contributed by atoms with Crippen LogP contribution >= 0.6 is 0 Å². The van der Waals surface area contributed by atoms with E-state index in [1.165, 1.54) is 12.1 Å². The minimum absolute atomic E-state index is 0.118. The number of aliphatic hydroxyl groups is 1. The van der Waals surface area contributed by atoms with Crippen molar-refractivity contribution in [2.45, 2.75) is 19.1 Å². The van der Waals surface area contributed by atoms with Crippen LogP contribution in [0.4, 0.5) is 4.39 Å². The third kappa shape index (κ3) is 3.03. The van der Waals surface area contributed by atoms with Crippen molar-refractivity contribution < 1.29 is 9.50 Å². The van der Waals surface area contributed by atoms with Gasteiger partial charge in [0, 0.05) is 26.2 Å². The molecule has 0 amide bonds. The minimum Gasteiger partial charge on any atom is -0.391 e. The van der Waals surface area contributed by atoms with E-state index in [0.717, 1.165) is 31.7 Å². The molecule has 2 rings (SSSR count). The van der Waals surface area contributed by atoms with Gasteiger partial charge in [0.1, 0.15) is 5.82 Å². The first-order valence-electron chi connectivity index (χ1n) is 6.07. The molecule has 0 aliphatic carbocycles. The van der Waals surface area contributed by atoms with E-state index in [2.05, 4.69) is 10.2 Å². The van der Waals surface area contributed by atoms with Crippen LogP contribution in [0, 0.1) is 5.82 Å². The summed E-state index contributed by atoms with van der Waals surface area (Å²) in [6.07, 6.45) is -0.505. The lowest BCUT2D eigenvalue weighted by molar-refractivity contribution is 0.0524. The van der Waals surface area contributed by atoms with Crippen molar-refractivity contribution in [1.82, 2.24) is 10.2 Å². The van der Waals surface area contributed by atoms with Gasteiger partial charge in [-0.2, -0.15) is 0 Å². The summed E-state index contributed by atoms with van der Waals surface area (Å²) in [5.74, 6) is -0.247. The van der Waals surface area contributed by atoms with Gasteiger partial charge in [-0.25, -0.2) is 4.39 Å². The van der Waals surface area contributed by atoms with Gasteiger partial charge >= 0.3 is 0 Å². The molecule has 1 saturated heterocycles. The van der Waals surface area contributed by atoms with Crippen LogP contribution in [0.2, 0.25) is 0 Å². The maximum absolute atomic E-state index is 13.2. The Morgan fingerprint density at radius 1 is 1.35 bits per heavy atom. The molecule has 0 aromatic heterocycles. The van der Waals surface area contributed by atoms with Gasteiger partial charge < -0.3 is 10.4 Å². The highest BCUT2D eigenvalue weighted by Crippen LogP contribution is 2.25. The molecule has 0 bridgehead atoms. The second-order valence-electron chi connectivity index (χ2n) is 4.53. The highest BCUT2D eigenvalue weighted by Gasteiger charge is 2.26. The maximum atomic E-state index is 13.2. The number of benzene rings is 1. The number of nitrogens with zero attached hydrogens (tertiary/aromatic N) is 1. The lowest BCUT2D eigenvalue weighted by atomic mass is 10.00. The third-order valence-corrected chi connectivity index (χ3v) is 3.19. The second kappa shape index (κ2) is 5.58. The molecule has 1 fully saturated rings. The molecular weight excluding hydrogens is 219 g/mol. The Bertz CT molecular complexity index is 364. The van der Waals surface area contributed by atoms with E-state index in [9.17, 15) is 9.50 Å². The van der Waals surface area contributed by atoms with Gasteiger partial charge in [-0.3, -0.25) is 4.90 Å². The number of piperazine rings is 1.